The van der Waals surface area contributed by atoms with E-state index in [9.17, 15) is 9.59 Å². The summed E-state index contributed by atoms with van der Waals surface area (Å²) in [6, 6.07) is 16.7. The Kier molecular flexibility index (Phi) is 5.53. The van der Waals surface area contributed by atoms with Crippen LogP contribution in [0.4, 0.5) is 5.69 Å². The zero-order valence-corrected chi connectivity index (χ0v) is 18.5. The van der Waals surface area contributed by atoms with Crippen molar-refractivity contribution >= 4 is 22.6 Å². The lowest BCUT2D eigenvalue weighted by atomic mass is 9.98. The highest BCUT2D eigenvalue weighted by Gasteiger charge is 2.20. The molecule has 6 heteroatoms. The first-order chi connectivity index (χ1) is 15.3. The number of nitrogens with zero attached hydrogens (tertiary/aromatic N) is 1. The van der Waals surface area contributed by atoms with Gasteiger partial charge in [0.1, 0.15) is 11.3 Å². The number of nitrogens with one attached hydrogen (secondary N) is 1. The van der Waals surface area contributed by atoms with Crippen LogP contribution >= 0.6 is 0 Å². The molecule has 3 N–H and O–H groups in total. The van der Waals surface area contributed by atoms with E-state index in [1.807, 2.05) is 62.4 Å². The van der Waals surface area contributed by atoms with Crippen molar-refractivity contribution in [1.29, 1.82) is 0 Å². The van der Waals surface area contributed by atoms with Crippen LogP contribution in [0.5, 0.6) is 0 Å². The van der Waals surface area contributed by atoms with Crippen molar-refractivity contribution in [2.24, 2.45) is 5.73 Å². The summed E-state index contributed by atoms with van der Waals surface area (Å²) in [6.07, 6.45) is 0. The summed E-state index contributed by atoms with van der Waals surface area (Å²) in [7, 11) is 0. The second-order valence-electron chi connectivity index (χ2n) is 8.06. The summed E-state index contributed by atoms with van der Waals surface area (Å²) in [6.45, 7) is 7.48. The molecule has 0 saturated heterocycles. The van der Waals surface area contributed by atoms with E-state index in [2.05, 4.69) is 10.3 Å². The van der Waals surface area contributed by atoms with Gasteiger partial charge in [0.05, 0.1) is 17.1 Å². The minimum absolute atomic E-state index is 0.0583. The lowest BCUT2D eigenvalue weighted by Crippen LogP contribution is -2.18. The van der Waals surface area contributed by atoms with Gasteiger partial charge < -0.3 is 15.5 Å². The molecule has 0 unspecified atom stereocenters. The van der Waals surface area contributed by atoms with E-state index >= 15 is 0 Å². The minimum Gasteiger partial charge on any atom is -0.455 e. The van der Waals surface area contributed by atoms with E-state index in [-0.39, 0.29) is 17.2 Å². The van der Waals surface area contributed by atoms with E-state index in [1.165, 1.54) is 0 Å². The standard InChI is InChI=1S/C26H25N3O3/c1-14-12-19(17(4)29-21-11-10-15(2)28-22(21)26(27)31)25-20(13-14)23(30)16(3)24(32-25)18-8-6-5-7-9-18/h5-13,17,29H,1-4H3,(H2,27,31)/t17-/m1/s1. The Morgan fingerprint density at radius 1 is 1.06 bits per heavy atom. The van der Waals surface area contributed by atoms with Gasteiger partial charge in [-0.15, -0.1) is 0 Å². The number of aryl methyl sites for hydroxylation is 2. The lowest BCUT2D eigenvalue weighted by Gasteiger charge is -2.20. The van der Waals surface area contributed by atoms with Gasteiger partial charge in [-0.25, -0.2) is 4.98 Å². The molecule has 0 bridgehead atoms. The van der Waals surface area contributed by atoms with Crippen LogP contribution in [0, 0.1) is 20.8 Å². The topological polar surface area (TPSA) is 98.2 Å². The Morgan fingerprint density at radius 3 is 2.47 bits per heavy atom. The van der Waals surface area contributed by atoms with E-state index in [4.69, 9.17) is 10.2 Å². The van der Waals surface area contributed by atoms with Gasteiger partial charge in [0.25, 0.3) is 5.91 Å². The molecule has 1 amide bonds. The van der Waals surface area contributed by atoms with Crippen molar-refractivity contribution in [2.75, 3.05) is 5.32 Å². The van der Waals surface area contributed by atoms with Gasteiger partial charge in [-0.05, 0) is 51.5 Å². The highest BCUT2D eigenvalue weighted by atomic mass is 16.3. The number of nitrogens with two attached hydrogens (primary N) is 1. The third-order valence-electron chi connectivity index (χ3n) is 5.53. The summed E-state index contributed by atoms with van der Waals surface area (Å²) in [5, 5.41) is 3.85. The Balaban J connectivity index is 1.88. The third kappa shape index (κ3) is 3.87. The molecule has 0 spiro atoms. The van der Waals surface area contributed by atoms with Crippen LogP contribution in [-0.2, 0) is 0 Å². The number of pyridine rings is 1. The summed E-state index contributed by atoms with van der Waals surface area (Å²) in [4.78, 5) is 29.4. The quantitative estimate of drug-likeness (QED) is 0.464. The number of carbonyl (C=O) groups excluding carboxylic acids is 1. The number of primary amides is 1. The maximum atomic E-state index is 13.2. The Morgan fingerprint density at radius 2 is 1.78 bits per heavy atom. The van der Waals surface area contributed by atoms with Crippen molar-refractivity contribution in [3.05, 3.63) is 92.9 Å². The largest absolute Gasteiger partial charge is 0.455 e. The van der Waals surface area contributed by atoms with Crippen LogP contribution in [0.3, 0.4) is 0 Å². The highest BCUT2D eigenvalue weighted by molar-refractivity contribution is 5.96. The summed E-state index contributed by atoms with van der Waals surface area (Å²) >= 11 is 0. The Hall–Kier alpha value is -3.93. The van der Waals surface area contributed by atoms with Gasteiger partial charge in [0.2, 0.25) is 0 Å². The number of hydrogen-bond donors (Lipinski definition) is 2. The number of benzene rings is 2. The van der Waals surface area contributed by atoms with Crippen LogP contribution in [0.15, 0.2) is 63.8 Å². The Bertz CT molecular complexity index is 1390. The predicted molar refractivity (Wildman–Crippen MR) is 127 cm³/mol. The molecule has 0 radical (unpaired) electrons. The number of amides is 1. The number of carbonyl (C=O) groups is 1. The monoisotopic (exact) mass is 427 g/mol. The van der Waals surface area contributed by atoms with Crippen molar-refractivity contribution in [1.82, 2.24) is 4.98 Å². The highest BCUT2D eigenvalue weighted by Crippen LogP contribution is 2.32. The first kappa shape index (κ1) is 21.3. The molecule has 2 heterocycles. The molecule has 1 atom stereocenters. The summed E-state index contributed by atoms with van der Waals surface area (Å²) in [5.74, 6) is -0.0544. The molecule has 0 fully saturated rings. The maximum Gasteiger partial charge on any atom is 0.269 e. The normalized spacial score (nSPS) is 12.0. The zero-order valence-electron chi connectivity index (χ0n) is 18.5. The second kappa shape index (κ2) is 8.30. The first-order valence-corrected chi connectivity index (χ1v) is 10.4. The fourth-order valence-electron chi connectivity index (χ4n) is 3.93. The molecule has 4 aromatic rings. The molecule has 0 aliphatic carbocycles. The molecule has 4 rings (SSSR count). The molecule has 162 valence electrons. The summed E-state index contributed by atoms with van der Waals surface area (Å²) in [5.41, 5.74) is 10.6. The third-order valence-corrected chi connectivity index (χ3v) is 5.53. The maximum absolute atomic E-state index is 13.2. The minimum atomic E-state index is -0.606. The predicted octanol–water partition coefficient (Wildman–Crippen LogP) is 5.05. The molecule has 0 saturated carbocycles. The number of aromatic nitrogens is 1. The van der Waals surface area contributed by atoms with Crippen molar-refractivity contribution in [3.63, 3.8) is 0 Å². The van der Waals surface area contributed by atoms with Crippen LogP contribution in [0.1, 0.15) is 45.8 Å². The smallest absolute Gasteiger partial charge is 0.269 e. The molecule has 6 nitrogen and oxygen atoms in total. The van der Waals surface area contributed by atoms with Gasteiger partial charge >= 0.3 is 0 Å². The molecular weight excluding hydrogens is 402 g/mol. The number of rotatable bonds is 5. The van der Waals surface area contributed by atoms with Gasteiger partial charge in [-0.2, -0.15) is 0 Å². The van der Waals surface area contributed by atoms with Crippen LogP contribution < -0.4 is 16.5 Å². The van der Waals surface area contributed by atoms with Crippen LogP contribution in [0.25, 0.3) is 22.3 Å². The van der Waals surface area contributed by atoms with Crippen LogP contribution in [-0.4, -0.2) is 10.9 Å². The van der Waals surface area contributed by atoms with Gasteiger partial charge in [-0.1, -0.05) is 36.4 Å². The molecule has 2 aromatic heterocycles. The van der Waals surface area contributed by atoms with Gasteiger partial charge in [0.15, 0.2) is 11.1 Å². The average molecular weight is 428 g/mol. The fourth-order valence-corrected chi connectivity index (χ4v) is 3.93. The first-order valence-electron chi connectivity index (χ1n) is 10.4. The van der Waals surface area contributed by atoms with E-state index < -0.39 is 5.91 Å². The number of anilines is 1. The van der Waals surface area contributed by atoms with Gasteiger partial charge in [0, 0.05) is 22.4 Å². The molecular formula is C26H25N3O3. The second-order valence-corrected chi connectivity index (χ2v) is 8.06. The van der Waals surface area contributed by atoms with E-state index in [0.717, 1.165) is 16.7 Å². The SMILES string of the molecule is Cc1cc([C@@H](C)Nc2ccc(C)nc2C(N)=O)c2oc(-c3ccccc3)c(C)c(=O)c2c1. The Labute approximate surface area is 186 Å². The number of fused-ring (bicyclic) bond motifs is 1. The summed E-state index contributed by atoms with van der Waals surface area (Å²) < 4.78 is 6.35. The van der Waals surface area contributed by atoms with Gasteiger partial charge in [-0.3, -0.25) is 9.59 Å². The van der Waals surface area contributed by atoms with E-state index in [0.29, 0.717) is 33.7 Å². The molecule has 2 aromatic carbocycles. The molecule has 32 heavy (non-hydrogen) atoms. The molecule has 0 aliphatic rings. The van der Waals surface area contributed by atoms with Crippen molar-refractivity contribution in [3.8, 4) is 11.3 Å². The fraction of sp³-hybridized carbons (Fsp3) is 0.192. The number of hydrogen-bond acceptors (Lipinski definition) is 5. The van der Waals surface area contributed by atoms with Crippen LogP contribution in [0.2, 0.25) is 0 Å². The average Bonchev–Trinajstić information content (AvgIpc) is 2.77. The zero-order chi connectivity index (χ0) is 23.0. The molecule has 0 aliphatic heterocycles. The van der Waals surface area contributed by atoms with Crippen molar-refractivity contribution < 1.29 is 9.21 Å². The lowest BCUT2D eigenvalue weighted by molar-refractivity contribution is 0.0996. The van der Waals surface area contributed by atoms with Crippen molar-refractivity contribution in [2.45, 2.75) is 33.7 Å². The van der Waals surface area contributed by atoms with E-state index in [1.54, 1.807) is 19.9 Å².